The number of halogens is 1. The minimum absolute atomic E-state index is 0.0865. The third-order valence-electron chi connectivity index (χ3n) is 2.46. The predicted octanol–water partition coefficient (Wildman–Crippen LogP) is 1.92. The van der Waals surface area contributed by atoms with Crippen LogP contribution in [0, 0.1) is 0 Å². The van der Waals surface area contributed by atoms with Crippen molar-refractivity contribution >= 4 is 17.5 Å². The summed E-state index contributed by atoms with van der Waals surface area (Å²) in [6.07, 6.45) is 5.86. The Labute approximate surface area is 99.0 Å². The second-order valence-corrected chi connectivity index (χ2v) is 4.18. The molecule has 0 saturated carbocycles. The van der Waals surface area contributed by atoms with Crippen molar-refractivity contribution in [3.63, 3.8) is 0 Å². The summed E-state index contributed by atoms with van der Waals surface area (Å²) in [5.74, 6) is -0.0865. The highest BCUT2D eigenvalue weighted by Gasteiger charge is 2.19. The summed E-state index contributed by atoms with van der Waals surface area (Å²) in [4.78, 5) is 21.6. The molecular weight excluding hydrogens is 226 g/mol. The molecule has 2 heterocycles. The van der Waals surface area contributed by atoms with Crippen LogP contribution in [0.4, 0.5) is 0 Å². The maximum Gasteiger partial charge on any atom is 0.274 e. The van der Waals surface area contributed by atoms with E-state index in [2.05, 4.69) is 16.0 Å². The van der Waals surface area contributed by atoms with Crippen molar-refractivity contribution in [2.24, 2.45) is 0 Å². The van der Waals surface area contributed by atoms with Gasteiger partial charge in [-0.3, -0.25) is 4.79 Å². The van der Waals surface area contributed by atoms with Crippen molar-refractivity contribution < 1.29 is 4.79 Å². The van der Waals surface area contributed by atoms with Crippen molar-refractivity contribution in [2.45, 2.75) is 13.3 Å². The molecule has 0 bridgehead atoms. The van der Waals surface area contributed by atoms with Crippen molar-refractivity contribution in [3.05, 3.63) is 34.9 Å². The van der Waals surface area contributed by atoms with Gasteiger partial charge in [0, 0.05) is 13.1 Å². The van der Waals surface area contributed by atoms with Crippen LogP contribution in [-0.2, 0) is 0 Å². The zero-order valence-electron chi connectivity index (χ0n) is 8.98. The first kappa shape index (κ1) is 11.1. The molecule has 2 rings (SSSR count). The first-order valence-electron chi connectivity index (χ1n) is 5.09. The summed E-state index contributed by atoms with van der Waals surface area (Å²) >= 11 is 5.62. The fourth-order valence-electron chi connectivity index (χ4n) is 1.67. The summed E-state index contributed by atoms with van der Waals surface area (Å²) < 4.78 is 0. The van der Waals surface area contributed by atoms with E-state index in [1.165, 1.54) is 18.0 Å². The van der Waals surface area contributed by atoms with E-state index in [0.717, 1.165) is 13.0 Å². The van der Waals surface area contributed by atoms with Crippen molar-refractivity contribution in [1.82, 2.24) is 14.9 Å². The van der Waals surface area contributed by atoms with Gasteiger partial charge in [0.1, 0.15) is 10.8 Å². The molecule has 1 aliphatic heterocycles. The molecule has 1 amide bonds. The Hall–Kier alpha value is -1.42. The topological polar surface area (TPSA) is 46.1 Å². The van der Waals surface area contributed by atoms with Gasteiger partial charge < -0.3 is 4.90 Å². The summed E-state index contributed by atoms with van der Waals surface area (Å²) in [5.41, 5.74) is 1.56. The molecule has 4 nitrogen and oxygen atoms in total. The molecule has 1 aliphatic rings. The Bertz CT molecular complexity index is 427. The van der Waals surface area contributed by atoms with Crippen LogP contribution in [0.1, 0.15) is 23.8 Å². The largest absolute Gasteiger partial charge is 0.333 e. The minimum Gasteiger partial charge on any atom is -0.333 e. The molecule has 0 saturated heterocycles. The Morgan fingerprint density at radius 3 is 2.88 bits per heavy atom. The van der Waals surface area contributed by atoms with Crippen molar-refractivity contribution in [1.29, 1.82) is 0 Å². The third kappa shape index (κ3) is 2.39. The number of hydrogen-bond acceptors (Lipinski definition) is 3. The van der Waals surface area contributed by atoms with Crippen LogP contribution in [0.2, 0.25) is 5.15 Å². The van der Waals surface area contributed by atoms with E-state index >= 15 is 0 Å². The lowest BCUT2D eigenvalue weighted by atomic mass is 10.1. The van der Waals surface area contributed by atoms with E-state index in [4.69, 9.17) is 11.6 Å². The maximum absolute atomic E-state index is 12.0. The van der Waals surface area contributed by atoms with Gasteiger partial charge in [-0.1, -0.05) is 23.3 Å². The van der Waals surface area contributed by atoms with Gasteiger partial charge in [-0.15, -0.1) is 0 Å². The molecule has 5 heteroatoms. The predicted molar refractivity (Wildman–Crippen MR) is 61.3 cm³/mol. The average Bonchev–Trinajstić information content (AvgIpc) is 2.29. The average molecular weight is 238 g/mol. The normalized spacial score (nSPS) is 15.9. The van der Waals surface area contributed by atoms with E-state index in [1.807, 2.05) is 6.92 Å². The Balaban J connectivity index is 2.13. The Morgan fingerprint density at radius 1 is 1.44 bits per heavy atom. The van der Waals surface area contributed by atoms with Gasteiger partial charge in [-0.25, -0.2) is 9.97 Å². The third-order valence-corrected chi connectivity index (χ3v) is 2.65. The zero-order valence-corrected chi connectivity index (χ0v) is 9.74. The summed E-state index contributed by atoms with van der Waals surface area (Å²) in [6, 6.07) is 0. The fraction of sp³-hybridized carbons (Fsp3) is 0.364. The van der Waals surface area contributed by atoms with Crippen LogP contribution >= 0.6 is 11.6 Å². The van der Waals surface area contributed by atoms with Gasteiger partial charge in [0.15, 0.2) is 0 Å². The van der Waals surface area contributed by atoms with Gasteiger partial charge in [0.25, 0.3) is 5.91 Å². The van der Waals surface area contributed by atoms with Gasteiger partial charge in [-0.2, -0.15) is 0 Å². The number of carbonyl (C=O) groups excluding carboxylic acids is 1. The molecule has 0 aliphatic carbocycles. The molecule has 1 aromatic heterocycles. The maximum atomic E-state index is 12.0. The lowest BCUT2D eigenvalue weighted by molar-refractivity contribution is 0.0759. The van der Waals surface area contributed by atoms with Crippen LogP contribution in [0.15, 0.2) is 24.0 Å². The first-order valence-corrected chi connectivity index (χ1v) is 5.47. The number of nitrogens with zero attached hydrogens (tertiary/aromatic N) is 3. The van der Waals surface area contributed by atoms with Gasteiger partial charge in [0.2, 0.25) is 0 Å². The molecule has 1 aromatic rings. The van der Waals surface area contributed by atoms with E-state index in [-0.39, 0.29) is 5.91 Å². The Kier molecular flexibility index (Phi) is 3.19. The molecule has 0 aromatic carbocycles. The molecule has 0 radical (unpaired) electrons. The van der Waals surface area contributed by atoms with Gasteiger partial charge in [-0.05, 0) is 13.3 Å². The molecule has 84 valence electrons. The smallest absolute Gasteiger partial charge is 0.274 e. The highest BCUT2D eigenvalue weighted by molar-refractivity contribution is 6.29. The quantitative estimate of drug-likeness (QED) is 0.701. The summed E-state index contributed by atoms with van der Waals surface area (Å²) in [5, 5.41) is 0.297. The standard InChI is InChI=1S/C11H12ClN3O/c1-8-3-2-4-15(7-8)11(16)9-5-14-10(12)6-13-9/h3,5-6H,2,4,7H2,1H3. The fourth-order valence-corrected chi connectivity index (χ4v) is 1.77. The van der Waals surface area contributed by atoms with Gasteiger partial charge >= 0.3 is 0 Å². The van der Waals surface area contributed by atoms with Crippen LogP contribution < -0.4 is 0 Å². The molecule has 0 spiro atoms. The highest BCUT2D eigenvalue weighted by atomic mass is 35.5. The number of amides is 1. The van der Waals surface area contributed by atoms with Gasteiger partial charge in [0.05, 0.1) is 12.4 Å². The Morgan fingerprint density at radius 2 is 2.25 bits per heavy atom. The summed E-state index contributed by atoms with van der Waals surface area (Å²) in [6.45, 7) is 3.43. The van der Waals surface area contributed by atoms with Crippen molar-refractivity contribution in [2.75, 3.05) is 13.1 Å². The van der Waals surface area contributed by atoms with Crippen LogP contribution in [0.5, 0.6) is 0 Å². The van der Waals surface area contributed by atoms with Crippen LogP contribution in [0.3, 0.4) is 0 Å². The number of hydrogen-bond donors (Lipinski definition) is 0. The monoisotopic (exact) mass is 237 g/mol. The van der Waals surface area contributed by atoms with E-state index in [0.29, 0.717) is 17.4 Å². The van der Waals surface area contributed by atoms with Crippen LogP contribution in [0.25, 0.3) is 0 Å². The molecule has 16 heavy (non-hydrogen) atoms. The van der Waals surface area contributed by atoms with E-state index in [9.17, 15) is 4.79 Å². The second-order valence-electron chi connectivity index (χ2n) is 3.79. The molecular formula is C11H12ClN3O. The first-order chi connectivity index (χ1) is 7.66. The number of aromatic nitrogens is 2. The minimum atomic E-state index is -0.0865. The lowest BCUT2D eigenvalue weighted by Crippen LogP contribution is -2.35. The molecule has 0 unspecified atom stereocenters. The van der Waals surface area contributed by atoms with E-state index < -0.39 is 0 Å². The van der Waals surface area contributed by atoms with Crippen LogP contribution in [-0.4, -0.2) is 33.9 Å². The second kappa shape index (κ2) is 4.61. The zero-order chi connectivity index (χ0) is 11.5. The number of rotatable bonds is 1. The van der Waals surface area contributed by atoms with E-state index in [1.54, 1.807) is 4.90 Å². The number of carbonyl (C=O) groups is 1. The molecule has 0 atom stereocenters. The SMILES string of the molecule is CC1=CCCN(C(=O)c2cnc(Cl)cn2)C1. The molecule has 0 fully saturated rings. The highest BCUT2D eigenvalue weighted by Crippen LogP contribution is 2.12. The summed E-state index contributed by atoms with van der Waals surface area (Å²) in [7, 11) is 0. The molecule has 0 N–H and O–H groups in total. The van der Waals surface area contributed by atoms with Crippen molar-refractivity contribution in [3.8, 4) is 0 Å². The lowest BCUT2D eigenvalue weighted by Gasteiger charge is -2.25.